The Morgan fingerprint density at radius 1 is 1.10 bits per heavy atom. The zero-order chi connectivity index (χ0) is 23.0. The van der Waals surface area contributed by atoms with Gasteiger partial charge in [-0.25, -0.2) is 4.79 Å². The Hall–Kier alpha value is -3.65. The Balaban J connectivity index is 0.000000785. The first-order valence-corrected chi connectivity index (χ1v) is 9.82. The lowest BCUT2D eigenvalue weighted by Gasteiger charge is -2.16. The molecule has 3 aromatic rings. The number of aliphatic carboxylic acids is 2. The van der Waals surface area contributed by atoms with E-state index in [1.54, 1.807) is 0 Å². The second-order valence-electron chi connectivity index (χ2n) is 7.29. The molecule has 3 rings (SSSR count). The van der Waals surface area contributed by atoms with Crippen LogP contribution in [0.25, 0.3) is 10.9 Å². The van der Waals surface area contributed by atoms with Gasteiger partial charge in [0.1, 0.15) is 6.04 Å². The predicted molar refractivity (Wildman–Crippen MR) is 114 cm³/mol. The summed E-state index contributed by atoms with van der Waals surface area (Å²) in [5.41, 5.74) is 7.79. The number of carbonyl (C=O) groups excluding carboxylic acids is 2. The van der Waals surface area contributed by atoms with Gasteiger partial charge in [-0.3, -0.25) is 4.79 Å². The largest absolute Gasteiger partial charge is 0.550 e. The topological polar surface area (TPSA) is 150 Å². The van der Waals surface area contributed by atoms with Crippen molar-refractivity contribution >= 4 is 28.7 Å². The van der Waals surface area contributed by atoms with Crippen LogP contribution in [0, 0.1) is 6.92 Å². The fourth-order valence-electron chi connectivity index (χ4n) is 3.31. The van der Waals surface area contributed by atoms with Gasteiger partial charge in [0.2, 0.25) is 0 Å². The summed E-state index contributed by atoms with van der Waals surface area (Å²) in [6.45, 7) is 2.96. The van der Waals surface area contributed by atoms with Crippen molar-refractivity contribution in [2.45, 2.75) is 38.8 Å². The van der Waals surface area contributed by atoms with Gasteiger partial charge in [-0.1, -0.05) is 42.5 Å². The van der Waals surface area contributed by atoms with Crippen molar-refractivity contribution in [1.29, 1.82) is 0 Å². The molecule has 0 aliphatic carbocycles. The molecule has 0 bridgehead atoms. The number of carbonyl (C=O) groups is 3. The lowest BCUT2D eigenvalue weighted by Crippen LogP contribution is -2.69. The number of aryl methyl sites for hydroxylation is 1. The molecule has 0 aliphatic heterocycles. The normalized spacial score (nSPS) is 12.4. The smallest absolute Gasteiger partial charge is 0.326 e. The number of nitrogens with one attached hydrogen (secondary N) is 2. The number of quaternary nitrogens is 1. The number of aromatic amines is 1. The molecule has 8 heteroatoms. The SMILES string of the molecule is CC(=O)[O-].Cc1cccc2[nH]cc(C[C@H](NC(=O)[C@@H]([NH3+])Cc3ccccc3)C(=O)O)c12. The maximum atomic E-state index is 12.5. The zero-order valence-corrected chi connectivity index (χ0v) is 17.6. The maximum Gasteiger partial charge on any atom is 0.326 e. The van der Waals surface area contributed by atoms with Crippen LogP contribution in [0.2, 0.25) is 0 Å². The quantitative estimate of drug-likeness (QED) is 0.426. The van der Waals surface area contributed by atoms with Crippen LogP contribution >= 0.6 is 0 Å². The molecule has 0 fully saturated rings. The van der Waals surface area contributed by atoms with Crippen molar-refractivity contribution in [2.24, 2.45) is 0 Å². The van der Waals surface area contributed by atoms with Crippen molar-refractivity contribution in [1.82, 2.24) is 10.3 Å². The summed E-state index contributed by atoms with van der Waals surface area (Å²) in [5.74, 6) is -2.50. The number of carboxylic acid groups (broad SMARTS) is 2. The van der Waals surface area contributed by atoms with Gasteiger partial charge in [-0.05, 0) is 36.6 Å². The number of amides is 1. The van der Waals surface area contributed by atoms with Crippen molar-refractivity contribution < 1.29 is 30.3 Å². The summed E-state index contributed by atoms with van der Waals surface area (Å²) < 4.78 is 0. The summed E-state index contributed by atoms with van der Waals surface area (Å²) in [4.78, 5) is 36.2. The molecule has 0 saturated carbocycles. The van der Waals surface area contributed by atoms with E-state index >= 15 is 0 Å². The van der Waals surface area contributed by atoms with E-state index in [2.05, 4.69) is 16.0 Å². The fraction of sp³-hybridized carbons (Fsp3) is 0.261. The first-order valence-electron chi connectivity index (χ1n) is 9.82. The average Bonchev–Trinajstić information content (AvgIpc) is 3.12. The third-order valence-electron chi connectivity index (χ3n) is 4.73. The summed E-state index contributed by atoms with van der Waals surface area (Å²) in [6.07, 6.45) is 2.49. The molecule has 6 N–H and O–H groups in total. The van der Waals surface area contributed by atoms with Gasteiger partial charge in [-0.2, -0.15) is 0 Å². The van der Waals surface area contributed by atoms with Crippen LogP contribution in [-0.4, -0.2) is 40.0 Å². The summed E-state index contributed by atoms with van der Waals surface area (Å²) in [5, 5.41) is 22.1. The van der Waals surface area contributed by atoms with Crippen molar-refractivity contribution in [2.75, 3.05) is 0 Å². The standard InChI is InChI=1S/C21H23N3O3.C2H4O2/c1-13-6-5-9-17-19(13)15(12-23-17)11-18(21(26)27)24-20(25)16(22)10-14-7-3-2-4-8-14;1-2(3)4/h2-9,12,16,18,23H,10-11,22H2,1H3,(H,24,25)(H,26,27);1H3,(H,3,4)/t16-,18-;/m0./s1. The van der Waals surface area contributed by atoms with E-state index in [0.29, 0.717) is 6.42 Å². The van der Waals surface area contributed by atoms with Gasteiger partial charge in [-0.15, -0.1) is 0 Å². The van der Waals surface area contributed by atoms with Crippen molar-refractivity contribution in [3.63, 3.8) is 0 Å². The molecule has 1 aromatic heterocycles. The number of fused-ring (bicyclic) bond motifs is 1. The van der Waals surface area contributed by atoms with Crippen molar-refractivity contribution in [3.05, 3.63) is 71.4 Å². The van der Waals surface area contributed by atoms with Gasteiger partial charge in [0.05, 0.1) is 0 Å². The van der Waals surface area contributed by atoms with Crippen molar-refractivity contribution in [3.8, 4) is 0 Å². The summed E-state index contributed by atoms with van der Waals surface area (Å²) >= 11 is 0. The van der Waals surface area contributed by atoms with E-state index in [1.165, 1.54) is 0 Å². The highest BCUT2D eigenvalue weighted by atomic mass is 16.4. The highest BCUT2D eigenvalue weighted by Gasteiger charge is 2.26. The van der Waals surface area contributed by atoms with E-state index in [-0.39, 0.29) is 12.3 Å². The molecule has 8 nitrogen and oxygen atoms in total. The van der Waals surface area contributed by atoms with Gasteiger partial charge < -0.3 is 31.0 Å². The second kappa shape index (κ2) is 10.9. The van der Waals surface area contributed by atoms with Gasteiger partial charge in [0.25, 0.3) is 5.91 Å². The number of benzene rings is 2. The number of hydrogen-bond donors (Lipinski definition) is 4. The summed E-state index contributed by atoms with van der Waals surface area (Å²) in [7, 11) is 0. The molecule has 0 aliphatic rings. The molecular formula is C23H27N3O5. The minimum atomic E-state index is -1.08. The first kappa shape index (κ1) is 23.6. The monoisotopic (exact) mass is 425 g/mol. The minimum Gasteiger partial charge on any atom is -0.550 e. The minimum absolute atomic E-state index is 0.212. The van der Waals surface area contributed by atoms with Gasteiger partial charge in [0, 0.05) is 35.9 Å². The molecule has 2 aromatic carbocycles. The van der Waals surface area contributed by atoms with Crippen LogP contribution in [0.1, 0.15) is 23.6 Å². The van der Waals surface area contributed by atoms with Gasteiger partial charge in [0.15, 0.2) is 6.04 Å². The number of H-pyrrole nitrogens is 1. The fourth-order valence-corrected chi connectivity index (χ4v) is 3.31. The van der Waals surface area contributed by atoms with Crippen LogP contribution in [0.15, 0.2) is 54.7 Å². The van der Waals surface area contributed by atoms with Crippen LogP contribution in [0.5, 0.6) is 0 Å². The molecule has 0 spiro atoms. The number of hydrogen-bond acceptors (Lipinski definition) is 4. The molecular weight excluding hydrogens is 398 g/mol. The molecule has 2 atom stereocenters. The van der Waals surface area contributed by atoms with E-state index < -0.39 is 24.0 Å². The molecule has 164 valence electrons. The number of rotatable bonds is 7. The number of aromatic nitrogens is 1. The van der Waals surface area contributed by atoms with Crippen LogP contribution in [-0.2, 0) is 27.2 Å². The number of carboxylic acids is 2. The second-order valence-corrected chi connectivity index (χ2v) is 7.29. The Labute approximate surface area is 180 Å². The van der Waals surface area contributed by atoms with Crippen LogP contribution in [0.4, 0.5) is 0 Å². The Kier molecular flexibility index (Phi) is 8.33. The van der Waals surface area contributed by atoms with E-state index in [4.69, 9.17) is 9.90 Å². The molecule has 31 heavy (non-hydrogen) atoms. The molecule has 0 saturated heterocycles. The van der Waals surface area contributed by atoms with E-state index in [0.717, 1.165) is 34.5 Å². The average molecular weight is 425 g/mol. The highest BCUT2D eigenvalue weighted by molar-refractivity contribution is 5.89. The third-order valence-corrected chi connectivity index (χ3v) is 4.73. The molecule has 0 unspecified atom stereocenters. The lowest BCUT2D eigenvalue weighted by molar-refractivity contribution is -0.403. The van der Waals surface area contributed by atoms with E-state index in [1.807, 2.05) is 61.7 Å². The van der Waals surface area contributed by atoms with Gasteiger partial charge >= 0.3 is 5.97 Å². The molecule has 1 heterocycles. The lowest BCUT2D eigenvalue weighted by atomic mass is 10.0. The first-order chi connectivity index (χ1) is 14.7. The zero-order valence-electron chi connectivity index (χ0n) is 17.6. The van der Waals surface area contributed by atoms with E-state index in [9.17, 15) is 14.7 Å². The maximum absolute atomic E-state index is 12.5. The van der Waals surface area contributed by atoms with Crippen LogP contribution < -0.4 is 16.2 Å². The highest BCUT2D eigenvalue weighted by Crippen LogP contribution is 2.23. The third kappa shape index (κ3) is 6.97. The predicted octanol–water partition coefficient (Wildman–Crippen LogP) is 0.198. The Morgan fingerprint density at radius 2 is 1.74 bits per heavy atom. The molecule has 1 amide bonds. The Bertz CT molecular complexity index is 1040. The van der Waals surface area contributed by atoms with Crippen LogP contribution in [0.3, 0.4) is 0 Å². The molecule has 0 radical (unpaired) electrons. The summed E-state index contributed by atoms with van der Waals surface area (Å²) in [6, 6.07) is 13.9. The Morgan fingerprint density at radius 3 is 2.35 bits per heavy atom.